The minimum absolute atomic E-state index is 0.269. The van der Waals surface area contributed by atoms with Crippen LogP contribution in [-0.2, 0) is 0 Å². The van der Waals surface area contributed by atoms with E-state index in [2.05, 4.69) is 25.5 Å². The maximum absolute atomic E-state index is 5.94. The lowest BCUT2D eigenvalue weighted by atomic mass is 10.3. The summed E-state index contributed by atoms with van der Waals surface area (Å²) in [7, 11) is 0. The van der Waals surface area contributed by atoms with E-state index in [0.29, 0.717) is 11.5 Å². The van der Waals surface area contributed by atoms with Gasteiger partial charge in [-0.25, -0.2) is 9.97 Å². The quantitative estimate of drug-likeness (QED) is 0.765. The average molecular weight is 258 g/mol. The van der Waals surface area contributed by atoms with Crippen LogP contribution in [0.4, 0.5) is 11.6 Å². The first-order valence-corrected chi connectivity index (χ1v) is 5.67. The molecule has 1 aromatic carbocycles. The maximum Gasteiger partial charge on any atom is 0.227 e. The zero-order chi connectivity index (χ0) is 12.4. The largest absolute Gasteiger partial charge is 0.324 e. The second kappa shape index (κ2) is 4.54. The number of anilines is 2. The van der Waals surface area contributed by atoms with Crippen molar-refractivity contribution < 1.29 is 0 Å². The summed E-state index contributed by atoms with van der Waals surface area (Å²) in [6.45, 7) is 0. The van der Waals surface area contributed by atoms with Crippen molar-refractivity contribution in [1.82, 2.24) is 20.2 Å². The molecule has 5 nitrogen and oxygen atoms in total. The molecule has 3 aromatic rings. The zero-order valence-electron chi connectivity index (χ0n) is 9.21. The van der Waals surface area contributed by atoms with Gasteiger partial charge in [-0.3, -0.25) is 0 Å². The summed E-state index contributed by atoms with van der Waals surface area (Å²) in [6.07, 6.45) is 3.24. The summed E-state index contributed by atoms with van der Waals surface area (Å²) in [5, 5.41) is 11.6. The fourth-order valence-electron chi connectivity index (χ4n) is 1.55. The highest BCUT2D eigenvalue weighted by Gasteiger charge is 2.05. The van der Waals surface area contributed by atoms with E-state index in [1.165, 1.54) is 0 Å². The van der Waals surface area contributed by atoms with Crippen molar-refractivity contribution in [2.45, 2.75) is 0 Å². The molecule has 88 valence electrons. The Kier molecular flexibility index (Phi) is 2.74. The average Bonchev–Trinajstić information content (AvgIpc) is 2.41. The van der Waals surface area contributed by atoms with Crippen LogP contribution in [0.25, 0.3) is 10.9 Å². The Morgan fingerprint density at radius 2 is 1.89 bits per heavy atom. The maximum atomic E-state index is 5.94. The van der Waals surface area contributed by atoms with Crippen LogP contribution in [0.3, 0.4) is 0 Å². The molecule has 0 saturated carbocycles. The van der Waals surface area contributed by atoms with Gasteiger partial charge in [0.05, 0.1) is 6.20 Å². The van der Waals surface area contributed by atoms with Crippen LogP contribution in [-0.4, -0.2) is 20.2 Å². The molecular weight excluding hydrogens is 250 g/mol. The topological polar surface area (TPSA) is 63.6 Å². The number of nitrogens with zero attached hydrogens (tertiary/aromatic N) is 4. The Morgan fingerprint density at radius 1 is 1.06 bits per heavy atom. The monoisotopic (exact) mass is 257 g/mol. The molecule has 0 bridgehead atoms. The van der Waals surface area contributed by atoms with Crippen molar-refractivity contribution in [3.63, 3.8) is 0 Å². The highest BCUT2D eigenvalue weighted by atomic mass is 35.5. The van der Waals surface area contributed by atoms with Gasteiger partial charge in [-0.05, 0) is 12.1 Å². The number of benzene rings is 1. The van der Waals surface area contributed by atoms with Crippen molar-refractivity contribution in [3.8, 4) is 0 Å². The summed E-state index contributed by atoms with van der Waals surface area (Å²) >= 11 is 5.94. The molecule has 2 aromatic heterocycles. The van der Waals surface area contributed by atoms with Crippen molar-refractivity contribution in [3.05, 3.63) is 47.9 Å². The molecule has 0 aliphatic carbocycles. The lowest BCUT2D eigenvalue weighted by molar-refractivity contribution is 1.04. The molecule has 1 N–H and O–H groups in total. The van der Waals surface area contributed by atoms with E-state index in [0.717, 1.165) is 11.1 Å². The summed E-state index contributed by atoms with van der Waals surface area (Å²) in [4.78, 5) is 8.51. The van der Waals surface area contributed by atoms with Crippen LogP contribution in [0.15, 0.2) is 42.7 Å². The van der Waals surface area contributed by atoms with Crippen LogP contribution in [0.2, 0.25) is 5.15 Å². The smallest absolute Gasteiger partial charge is 0.227 e. The molecule has 0 amide bonds. The first kappa shape index (κ1) is 10.9. The Morgan fingerprint density at radius 3 is 2.72 bits per heavy atom. The minimum Gasteiger partial charge on any atom is -0.324 e. The predicted octanol–water partition coefficient (Wildman–Crippen LogP) is 2.82. The summed E-state index contributed by atoms with van der Waals surface area (Å²) in [6, 6.07) is 9.67. The third kappa shape index (κ3) is 2.08. The number of hydrogen-bond donors (Lipinski definition) is 1. The number of nitrogens with one attached hydrogen (secondary N) is 1. The van der Waals surface area contributed by atoms with Gasteiger partial charge in [-0.15, -0.1) is 5.10 Å². The number of fused-ring (bicyclic) bond motifs is 1. The van der Waals surface area contributed by atoms with Crippen LogP contribution in [0.5, 0.6) is 0 Å². The van der Waals surface area contributed by atoms with Crippen LogP contribution < -0.4 is 5.32 Å². The van der Waals surface area contributed by atoms with E-state index in [1.54, 1.807) is 12.4 Å². The van der Waals surface area contributed by atoms with Crippen LogP contribution >= 0.6 is 11.6 Å². The highest BCUT2D eigenvalue weighted by molar-refractivity contribution is 6.33. The van der Waals surface area contributed by atoms with E-state index < -0.39 is 0 Å². The van der Waals surface area contributed by atoms with E-state index in [4.69, 9.17) is 11.6 Å². The van der Waals surface area contributed by atoms with Gasteiger partial charge in [0, 0.05) is 17.3 Å². The first-order valence-electron chi connectivity index (χ1n) is 5.29. The normalized spacial score (nSPS) is 10.5. The lowest BCUT2D eigenvalue weighted by Crippen LogP contribution is -1.98. The molecule has 0 aliphatic heterocycles. The van der Waals surface area contributed by atoms with E-state index in [-0.39, 0.29) is 5.15 Å². The fourth-order valence-corrected chi connectivity index (χ4v) is 1.75. The number of rotatable bonds is 2. The predicted molar refractivity (Wildman–Crippen MR) is 69.9 cm³/mol. The molecule has 0 spiro atoms. The van der Waals surface area contributed by atoms with Crippen molar-refractivity contribution >= 4 is 34.1 Å². The van der Waals surface area contributed by atoms with Crippen molar-refractivity contribution in [2.75, 3.05) is 5.32 Å². The molecule has 0 saturated heterocycles. The zero-order valence-corrected chi connectivity index (χ0v) is 9.96. The number of aromatic nitrogens is 4. The SMILES string of the molecule is Clc1nncc2cnc(Nc3ccccc3)nc12. The van der Waals surface area contributed by atoms with Crippen LogP contribution in [0, 0.1) is 0 Å². The Bertz CT molecular complexity index is 686. The summed E-state index contributed by atoms with van der Waals surface area (Å²) < 4.78 is 0. The Labute approximate surface area is 108 Å². The van der Waals surface area contributed by atoms with Crippen LogP contribution in [0.1, 0.15) is 0 Å². The van der Waals surface area contributed by atoms with Gasteiger partial charge in [0.15, 0.2) is 5.15 Å². The first-order chi connectivity index (χ1) is 8.83. The van der Waals surface area contributed by atoms with E-state index >= 15 is 0 Å². The lowest BCUT2D eigenvalue weighted by Gasteiger charge is -2.05. The van der Waals surface area contributed by atoms with Gasteiger partial charge in [0.1, 0.15) is 5.52 Å². The van der Waals surface area contributed by atoms with E-state index in [9.17, 15) is 0 Å². The second-order valence-electron chi connectivity index (χ2n) is 3.62. The number of para-hydroxylation sites is 1. The molecule has 0 atom stereocenters. The molecule has 0 fully saturated rings. The molecule has 18 heavy (non-hydrogen) atoms. The molecule has 0 unspecified atom stereocenters. The van der Waals surface area contributed by atoms with Crippen molar-refractivity contribution in [1.29, 1.82) is 0 Å². The molecule has 2 heterocycles. The van der Waals surface area contributed by atoms with Gasteiger partial charge in [-0.1, -0.05) is 29.8 Å². The van der Waals surface area contributed by atoms with Gasteiger partial charge in [0.25, 0.3) is 0 Å². The minimum atomic E-state index is 0.269. The molecule has 0 radical (unpaired) electrons. The third-order valence-electron chi connectivity index (χ3n) is 2.38. The fraction of sp³-hybridized carbons (Fsp3) is 0. The molecular formula is C12H8ClN5. The molecule has 6 heteroatoms. The highest BCUT2D eigenvalue weighted by Crippen LogP contribution is 2.19. The Balaban J connectivity index is 2.01. The third-order valence-corrected chi connectivity index (χ3v) is 2.64. The number of halogens is 1. The standard InChI is InChI=1S/C12H8ClN5/c13-11-10-8(7-15-18-11)6-14-12(17-10)16-9-4-2-1-3-5-9/h1-7H,(H,14,16,17). The number of hydrogen-bond acceptors (Lipinski definition) is 5. The summed E-state index contributed by atoms with van der Waals surface area (Å²) in [5.41, 5.74) is 1.50. The van der Waals surface area contributed by atoms with Gasteiger partial charge in [0.2, 0.25) is 5.95 Å². The Hall–Kier alpha value is -2.27. The van der Waals surface area contributed by atoms with Crippen molar-refractivity contribution in [2.24, 2.45) is 0 Å². The summed E-state index contributed by atoms with van der Waals surface area (Å²) in [5.74, 6) is 0.476. The molecule has 0 aliphatic rings. The van der Waals surface area contributed by atoms with Gasteiger partial charge < -0.3 is 5.32 Å². The second-order valence-corrected chi connectivity index (χ2v) is 3.98. The van der Waals surface area contributed by atoms with E-state index in [1.807, 2.05) is 30.3 Å². The van der Waals surface area contributed by atoms with Gasteiger partial charge in [-0.2, -0.15) is 5.10 Å². The molecule has 3 rings (SSSR count). The van der Waals surface area contributed by atoms with Gasteiger partial charge >= 0.3 is 0 Å².